The zero-order valence-corrected chi connectivity index (χ0v) is 9.96. The lowest BCUT2D eigenvalue weighted by Crippen LogP contribution is -2.36. The molecule has 0 saturated carbocycles. The molecule has 0 bridgehead atoms. The number of aldehydes is 2. The summed E-state index contributed by atoms with van der Waals surface area (Å²) in [7, 11) is 0. The lowest BCUT2D eigenvalue weighted by Gasteiger charge is -2.14. The molecule has 108 valence electrons. The highest BCUT2D eigenvalue weighted by Gasteiger charge is 2.19. The fraction of sp³-hybridized carbons (Fsp3) is 0.800. The van der Waals surface area contributed by atoms with E-state index < -0.39 is 37.1 Å². The zero-order valence-electron chi connectivity index (χ0n) is 9.96. The van der Waals surface area contributed by atoms with E-state index in [-0.39, 0.29) is 12.7 Å². The molecule has 0 aliphatic rings. The van der Waals surface area contributed by atoms with E-state index in [2.05, 4.69) is 0 Å². The molecule has 8 heteroatoms. The standard InChI is InChI=1S/2C5H10O4/c1-3(7)5(9)4(8)2-6;6-2-1-4(8)5(9)3-7/h2-5,7-9H,1H3;2,4-5,7-9H,1,3H2/t3-,4+,5-;4-,5+/m10/s1. The van der Waals surface area contributed by atoms with Crippen molar-refractivity contribution >= 4 is 12.6 Å². The van der Waals surface area contributed by atoms with Gasteiger partial charge in [-0.1, -0.05) is 0 Å². The van der Waals surface area contributed by atoms with E-state index >= 15 is 0 Å². The van der Waals surface area contributed by atoms with Crippen LogP contribution in [0.15, 0.2) is 0 Å². The van der Waals surface area contributed by atoms with Crippen molar-refractivity contribution in [1.82, 2.24) is 0 Å². The monoisotopic (exact) mass is 268 g/mol. The van der Waals surface area contributed by atoms with Crippen molar-refractivity contribution in [2.45, 2.75) is 43.9 Å². The quantitative estimate of drug-likeness (QED) is 0.261. The Morgan fingerprint density at radius 1 is 1.00 bits per heavy atom. The topological polar surface area (TPSA) is 156 Å². The predicted octanol–water partition coefficient (Wildman–Crippen LogP) is -3.42. The number of aliphatic hydroxyl groups is 6. The average molecular weight is 268 g/mol. The number of hydrogen-bond donors (Lipinski definition) is 6. The van der Waals surface area contributed by atoms with Gasteiger partial charge in [0.15, 0.2) is 6.29 Å². The molecule has 0 rings (SSSR count). The van der Waals surface area contributed by atoms with Crippen molar-refractivity contribution in [3.05, 3.63) is 0 Å². The van der Waals surface area contributed by atoms with E-state index in [0.29, 0.717) is 6.29 Å². The minimum absolute atomic E-state index is 0.137. The number of carbonyl (C=O) groups excluding carboxylic acids is 2. The van der Waals surface area contributed by atoms with Crippen LogP contribution in [0.2, 0.25) is 0 Å². The molecule has 0 fully saturated rings. The van der Waals surface area contributed by atoms with Crippen LogP contribution in [-0.2, 0) is 9.59 Å². The minimum atomic E-state index is -1.48. The molecule has 6 N–H and O–H groups in total. The number of aliphatic hydroxyl groups excluding tert-OH is 6. The summed E-state index contributed by atoms with van der Waals surface area (Å²) in [5, 5.41) is 51.2. The van der Waals surface area contributed by atoms with Crippen LogP contribution in [0.4, 0.5) is 0 Å². The maximum Gasteiger partial charge on any atom is 0.151 e. The fourth-order valence-corrected chi connectivity index (χ4v) is 0.743. The molecule has 0 aliphatic heterocycles. The largest absolute Gasteiger partial charge is 0.394 e. The first-order valence-corrected chi connectivity index (χ1v) is 5.21. The van der Waals surface area contributed by atoms with Crippen LogP contribution in [-0.4, -0.2) is 80.3 Å². The molecule has 18 heavy (non-hydrogen) atoms. The van der Waals surface area contributed by atoms with E-state index in [1.807, 2.05) is 0 Å². The van der Waals surface area contributed by atoms with Crippen molar-refractivity contribution in [2.24, 2.45) is 0 Å². The summed E-state index contributed by atoms with van der Waals surface area (Å²) in [6.45, 7) is 0.770. The molecule has 0 aromatic heterocycles. The van der Waals surface area contributed by atoms with E-state index in [1.54, 1.807) is 0 Å². The van der Waals surface area contributed by atoms with Crippen LogP contribution in [0, 0.1) is 0 Å². The second-order valence-corrected chi connectivity index (χ2v) is 3.58. The molecule has 0 aromatic carbocycles. The van der Waals surface area contributed by atoms with E-state index in [1.165, 1.54) is 6.92 Å². The predicted molar refractivity (Wildman–Crippen MR) is 59.5 cm³/mol. The van der Waals surface area contributed by atoms with E-state index in [0.717, 1.165) is 0 Å². The Hall–Kier alpha value is -0.900. The van der Waals surface area contributed by atoms with E-state index in [9.17, 15) is 9.59 Å². The van der Waals surface area contributed by atoms with Gasteiger partial charge in [0.05, 0.1) is 18.8 Å². The highest BCUT2D eigenvalue weighted by atomic mass is 16.4. The summed E-state index contributed by atoms with van der Waals surface area (Å²) >= 11 is 0. The van der Waals surface area contributed by atoms with Gasteiger partial charge in [-0.2, -0.15) is 0 Å². The van der Waals surface area contributed by atoms with Gasteiger partial charge in [-0.15, -0.1) is 0 Å². The van der Waals surface area contributed by atoms with Gasteiger partial charge in [0.2, 0.25) is 0 Å². The molecular formula is C10H20O8. The summed E-state index contributed by atoms with van der Waals surface area (Å²) in [4.78, 5) is 19.4. The maximum absolute atomic E-state index is 9.73. The van der Waals surface area contributed by atoms with Gasteiger partial charge < -0.3 is 40.2 Å². The van der Waals surface area contributed by atoms with Gasteiger partial charge >= 0.3 is 0 Å². The lowest BCUT2D eigenvalue weighted by molar-refractivity contribution is -0.125. The molecule has 8 nitrogen and oxygen atoms in total. The Bertz CT molecular complexity index is 220. The van der Waals surface area contributed by atoms with Crippen molar-refractivity contribution in [3.63, 3.8) is 0 Å². The van der Waals surface area contributed by atoms with Gasteiger partial charge in [-0.05, 0) is 6.92 Å². The van der Waals surface area contributed by atoms with Crippen LogP contribution in [0.3, 0.4) is 0 Å². The van der Waals surface area contributed by atoms with Gasteiger partial charge in [0.1, 0.15) is 24.6 Å². The van der Waals surface area contributed by atoms with Crippen LogP contribution < -0.4 is 0 Å². The summed E-state index contributed by atoms with van der Waals surface area (Å²) < 4.78 is 0. The Kier molecular flexibility index (Phi) is 12.1. The van der Waals surface area contributed by atoms with Crippen molar-refractivity contribution in [3.8, 4) is 0 Å². The smallest absolute Gasteiger partial charge is 0.151 e. The number of rotatable bonds is 7. The zero-order chi connectivity index (χ0) is 14.7. The van der Waals surface area contributed by atoms with Gasteiger partial charge in [-0.3, -0.25) is 0 Å². The third-order valence-electron chi connectivity index (χ3n) is 1.95. The van der Waals surface area contributed by atoms with Crippen molar-refractivity contribution < 1.29 is 40.2 Å². The number of hydrogen-bond acceptors (Lipinski definition) is 8. The Balaban J connectivity index is 0. The van der Waals surface area contributed by atoms with E-state index in [4.69, 9.17) is 30.6 Å². The second-order valence-electron chi connectivity index (χ2n) is 3.58. The number of carbonyl (C=O) groups is 2. The normalized spacial score (nSPS) is 18.6. The molecule has 0 unspecified atom stereocenters. The molecule has 0 radical (unpaired) electrons. The first kappa shape index (κ1) is 19.4. The minimum Gasteiger partial charge on any atom is -0.394 e. The lowest BCUT2D eigenvalue weighted by atomic mass is 10.1. The molecule has 0 spiro atoms. The molecule has 0 aromatic rings. The summed E-state index contributed by atoms with van der Waals surface area (Å²) in [6.07, 6.45) is -5.73. The van der Waals surface area contributed by atoms with Crippen LogP contribution >= 0.6 is 0 Å². The average Bonchev–Trinajstić information content (AvgIpc) is 2.36. The second kappa shape index (κ2) is 11.2. The summed E-state index contributed by atoms with van der Waals surface area (Å²) in [5.41, 5.74) is 0. The maximum atomic E-state index is 9.73. The summed E-state index contributed by atoms with van der Waals surface area (Å²) in [6, 6.07) is 0. The Labute approximate surface area is 104 Å². The Morgan fingerprint density at radius 2 is 1.50 bits per heavy atom. The van der Waals surface area contributed by atoms with Crippen LogP contribution in [0.25, 0.3) is 0 Å². The SMILES string of the molecule is C[C@@H](O)[C@@H](O)[C@@H](O)C=O.O=CC[C@H](O)[C@H](O)CO. The Morgan fingerprint density at radius 3 is 1.72 bits per heavy atom. The first-order valence-electron chi connectivity index (χ1n) is 5.21. The van der Waals surface area contributed by atoms with Crippen LogP contribution in [0.1, 0.15) is 13.3 Å². The first-order chi connectivity index (χ1) is 8.31. The molecule has 0 aliphatic carbocycles. The fourth-order valence-electron chi connectivity index (χ4n) is 0.743. The summed E-state index contributed by atoms with van der Waals surface area (Å²) in [5.74, 6) is 0. The molecule has 0 amide bonds. The third-order valence-corrected chi connectivity index (χ3v) is 1.95. The third kappa shape index (κ3) is 9.16. The highest BCUT2D eigenvalue weighted by molar-refractivity contribution is 5.56. The van der Waals surface area contributed by atoms with Gasteiger partial charge in [-0.25, -0.2) is 0 Å². The molecular weight excluding hydrogens is 248 g/mol. The van der Waals surface area contributed by atoms with Gasteiger partial charge in [0, 0.05) is 6.42 Å². The molecule has 5 atom stereocenters. The highest BCUT2D eigenvalue weighted by Crippen LogP contribution is 1.95. The van der Waals surface area contributed by atoms with Gasteiger partial charge in [0.25, 0.3) is 0 Å². The van der Waals surface area contributed by atoms with Crippen molar-refractivity contribution in [2.75, 3.05) is 6.61 Å². The van der Waals surface area contributed by atoms with Crippen LogP contribution in [0.5, 0.6) is 0 Å². The molecule has 0 heterocycles. The molecule has 0 saturated heterocycles. The van der Waals surface area contributed by atoms with Crippen molar-refractivity contribution in [1.29, 1.82) is 0 Å².